The van der Waals surface area contributed by atoms with E-state index in [9.17, 15) is 35.5 Å². The van der Waals surface area contributed by atoms with Gasteiger partial charge in [-0.1, -0.05) is 0 Å². The van der Waals surface area contributed by atoms with E-state index in [-0.39, 0.29) is 11.6 Å². The highest BCUT2D eigenvalue weighted by atomic mass is 16.6. The molecule has 0 bridgehead atoms. The van der Waals surface area contributed by atoms with Crippen LogP contribution in [0.3, 0.4) is 0 Å². The van der Waals surface area contributed by atoms with Crippen LogP contribution < -0.4 is 0 Å². The summed E-state index contributed by atoms with van der Waals surface area (Å²) < 4.78 is 0. The Morgan fingerprint density at radius 1 is 1.46 bits per heavy atom. The van der Waals surface area contributed by atoms with Gasteiger partial charge in [-0.15, -0.1) is 0 Å². The van der Waals surface area contributed by atoms with Crippen molar-refractivity contribution < 1.29 is 25.0 Å². The van der Waals surface area contributed by atoms with Crippen molar-refractivity contribution in [2.24, 2.45) is 0 Å². The van der Waals surface area contributed by atoms with Gasteiger partial charge in [-0.25, -0.2) is 0 Å². The maximum absolute atomic E-state index is 12.4. The molecule has 3 N–H and O–H groups in total. The minimum Gasteiger partial charge on any atom is -0.506 e. The zero-order valence-electron chi connectivity index (χ0n) is 12.8. The number of nitro benzene ring substituents is 1. The first-order valence-electron chi connectivity index (χ1n) is 7.16. The van der Waals surface area contributed by atoms with Crippen molar-refractivity contribution in [2.45, 2.75) is 25.8 Å². The predicted molar refractivity (Wildman–Crippen MR) is 82.0 cm³/mol. The minimum absolute atomic E-state index is 0.0150. The molecule has 1 aliphatic rings. The van der Waals surface area contributed by atoms with Gasteiger partial charge < -0.3 is 20.2 Å². The fraction of sp³-hybridized carbons (Fsp3) is 0.333. The summed E-state index contributed by atoms with van der Waals surface area (Å²) in [7, 11) is 0. The third kappa shape index (κ3) is 3.08. The second-order valence-electron chi connectivity index (χ2n) is 5.28. The molecular weight excluding hydrogens is 318 g/mol. The number of hydrogen-bond donors (Lipinski definition) is 3. The third-order valence-corrected chi connectivity index (χ3v) is 3.69. The molecule has 24 heavy (non-hydrogen) atoms. The first-order chi connectivity index (χ1) is 11.3. The van der Waals surface area contributed by atoms with Gasteiger partial charge in [0.05, 0.1) is 4.92 Å². The molecule has 1 amide bonds. The Bertz CT molecular complexity index is 776. The minimum atomic E-state index is -0.963. The maximum Gasteiger partial charge on any atom is 0.315 e. The maximum atomic E-state index is 12.4. The summed E-state index contributed by atoms with van der Waals surface area (Å²) >= 11 is 0. The molecule has 0 saturated heterocycles. The number of aliphatic hydroxyl groups is 1. The van der Waals surface area contributed by atoms with E-state index >= 15 is 0 Å². The summed E-state index contributed by atoms with van der Waals surface area (Å²) in [4.78, 5) is 23.8. The van der Waals surface area contributed by atoms with Gasteiger partial charge in [-0.3, -0.25) is 14.9 Å². The quantitative estimate of drug-likeness (QED) is 0.186. The lowest BCUT2D eigenvalue weighted by molar-refractivity contribution is -0.386. The topological polar surface area (TPSA) is 148 Å². The monoisotopic (exact) mass is 333 g/mol. The van der Waals surface area contributed by atoms with E-state index in [1.165, 1.54) is 4.90 Å². The molecule has 1 aromatic rings. The van der Waals surface area contributed by atoms with Crippen LogP contribution in [0.15, 0.2) is 17.7 Å². The molecule has 1 fully saturated rings. The van der Waals surface area contributed by atoms with Crippen LogP contribution in [0.5, 0.6) is 11.5 Å². The van der Waals surface area contributed by atoms with Crippen molar-refractivity contribution in [1.29, 1.82) is 5.26 Å². The van der Waals surface area contributed by atoms with Crippen LogP contribution in [0.1, 0.15) is 25.3 Å². The molecular formula is C15H15N3O6. The molecule has 9 nitrogen and oxygen atoms in total. The van der Waals surface area contributed by atoms with Crippen molar-refractivity contribution in [3.63, 3.8) is 0 Å². The number of aliphatic hydroxyl groups excluding tert-OH is 1. The second-order valence-corrected chi connectivity index (χ2v) is 5.28. The van der Waals surface area contributed by atoms with Crippen LogP contribution in [0.2, 0.25) is 0 Å². The number of carbonyl (C=O) groups excluding carboxylic acids is 1. The number of amides is 1. The normalized spacial score (nSPS) is 14.5. The number of nitro groups is 1. The van der Waals surface area contributed by atoms with Crippen molar-refractivity contribution in [1.82, 2.24) is 4.90 Å². The summed E-state index contributed by atoms with van der Waals surface area (Å²) in [5.74, 6) is -3.28. The summed E-state index contributed by atoms with van der Waals surface area (Å²) in [5, 5.41) is 49.3. The van der Waals surface area contributed by atoms with Crippen molar-refractivity contribution in [3.8, 4) is 17.6 Å². The molecule has 0 aliphatic heterocycles. The summed E-state index contributed by atoms with van der Waals surface area (Å²) in [6, 6.07) is 3.24. The van der Waals surface area contributed by atoms with Crippen LogP contribution in [-0.4, -0.2) is 43.6 Å². The van der Waals surface area contributed by atoms with Crippen molar-refractivity contribution in [2.75, 3.05) is 6.54 Å². The van der Waals surface area contributed by atoms with Crippen molar-refractivity contribution >= 4 is 17.4 Å². The lowest BCUT2D eigenvalue weighted by Crippen LogP contribution is -2.34. The zero-order chi connectivity index (χ0) is 18.0. The lowest BCUT2D eigenvalue weighted by atomic mass is 10.1. The number of nitriles is 1. The van der Waals surface area contributed by atoms with Gasteiger partial charge in [-0.2, -0.15) is 5.26 Å². The highest BCUT2D eigenvalue weighted by Gasteiger charge is 2.34. The number of carbonyl (C=O) groups is 1. The average molecular weight is 333 g/mol. The fourth-order valence-electron chi connectivity index (χ4n) is 2.32. The lowest BCUT2D eigenvalue weighted by Gasteiger charge is -2.20. The highest BCUT2D eigenvalue weighted by molar-refractivity contribution is 6.04. The molecule has 0 aromatic heterocycles. The van der Waals surface area contributed by atoms with Crippen LogP contribution in [-0.2, 0) is 4.79 Å². The summed E-state index contributed by atoms with van der Waals surface area (Å²) in [5.41, 5.74) is -1.74. The van der Waals surface area contributed by atoms with Crippen LogP contribution in [0.4, 0.5) is 5.69 Å². The van der Waals surface area contributed by atoms with E-state index < -0.39 is 39.3 Å². The van der Waals surface area contributed by atoms with E-state index in [0.29, 0.717) is 6.54 Å². The SMILES string of the molecule is CCN(C(=O)/C(C#N)=C(\O)c1cc(O)c(O)c([N+](=O)[O-])c1)C1CC1. The molecule has 1 saturated carbocycles. The van der Waals surface area contributed by atoms with Crippen LogP contribution >= 0.6 is 0 Å². The molecule has 1 aliphatic carbocycles. The smallest absolute Gasteiger partial charge is 0.315 e. The molecule has 0 radical (unpaired) electrons. The largest absolute Gasteiger partial charge is 0.506 e. The Kier molecular flexibility index (Phi) is 4.59. The Labute approximate surface area is 136 Å². The zero-order valence-corrected chi connectivity index (χ0v) is 12.8. The molecule has 0 heterocycles. The first-order valence-corrected chi connectivity index (χ1v) is 7.16. The van der Waals surface area contributed by atoms with Gasteiger partial charge in [0.1, 0.15) is 11.8 Å². The van der Waals surface area contributed by atoms with Gasteiger partial charge in [-0.05, 0) is 25.8 Å². The van der Waals surface area contributed by atoms with Crippen LogP contribution in [0, 0.1) is 21.4 Å². The Hall–Kier alpha value is -3.28. The summed E-state index contributed by atoms with van der Waals surface area (Å²) in [6.07, 6.45) is 1.62. The molecule has 2 rings (SSSR count). The number of likely N-dealkylation sites (N-methyl/N-ethyl adjacent to an activating group) is 1. The number of phenols is 2. The fourth-order valence-corrected chi connectivity index (χ4v) is 2.32. The van der Waals surface area contributed by atoms with Gasteiger partial charge in [0.2, 0.25) is 5.75 Å². The van der Waals surface area contributed by atoms with E-state index in [1.807, 2.05) is 0 Å². The Morgan fingerprint density at radius 3 is 2.54 bits per heavy atom. The Morgan fingerprint density at radius 2 is 2.08 bits per heavy atom. The predicted octanol–water partition coefficient (Wildman–Crippen LogP) is 1.81. The molecule has 0 atom stereocenters. The van der Waals surface area contributed by atoms with Gasteiger partial charge in [0.25, 0.3) is 5.91 Å². The second kappa shape index (κ2) is 6.45. The first kappa shape index (κ1) is 17.1. The number of aromatic hydroxyl groups is 2. The highest BCUT2D eigenvalue weighted by Crippen LogP contribution is 2.38. The molecule has 126 valence electrons. The van der Waals surface area contributed by atoms with Gasteiger partial charge in [0.15, 0.2) is 11.3 Å². The number of phenolic OH excluding ortho intramolecular Hbond substituents is 2. The number of hydrogen-bond acceptors (Lipinski definition) is 7. The molecule has 9 heteroatoms. The number of benzene rings is 1. The van der Waals surface area contributed by atoms with Gasteiger partial charge in [0, 0.05) is 24.2 Å². The van der Waals surface area contributed by atoms with Gasteiger partial charge >= 0.3 is 5.69 Å². The van der Waals surface area contributed by atoms with Crippen LogP contribution in [0.25, 0.3) is 5.76 Å². The number of nitrogens with zero attached hydrogens (tertiary/aromatic N) is 3. The standard InChI is InChI=1S/C15H15N3O6/c1-2-17(9-3-4-9)15(22)10(7-16)13(20)8-5-11(18(23)24)14(21)12(19)6-8/h5-6,9,19-21H,2-4H2,1H3/b13-10-. The average Bonchev–Trinajstić information content (AvgIpc) is 3.35. The molecule has 0 spiro atoms. The van der Waals surface area contributed by atoms with Crippen molar-refractivity contribution in [3.05, 3.63) is 33.4 Å². The molecule has 1 aromatic carbocycles. The Balaban J connectivity index is 2.52. The van der Waals surface area contributed by atoms with E-state index in [1.54, 1.807) is 13.0 Å². The van der Waals surface area contributed by atoms with E-state index in [4.69, 9.17) is 0 Å². The number of rotatable bonds is 5. The van der Waals surface area contributed by atoms with E-state index in [2.05, 4.69) is 0 Å². The van der Waals surface area contributed by atoms with E-state index in [0.717, 1.165) is 25.0 Å². The summed E-state index contributed by atoms with van der Waals surface area (Å²) in [6.45, 7) is 2.09. The third-order valence-electron chi connectivity index (χ3n) is 3.69. The molecule has 0 unspecified atom stereocenters.